The maximum atomic E-state index is 12.0. The number of hydrogen-bond donors (Lipinski definition) is 2. The van der Waals surface area contributed by atoms with Crippen LogP contribution in [-0.4, -0.2) is 23.2 Å². The monoisotopic (exact) mass is 293 g/mol. The third-order valence-corrected chi connectivity index (χ3v) is 3.21. The SMILES string of the molecule is C[C@@](O)(CNC(=O)c1ccccc1Cl)Cc1ccco1. The van der Waals surface area contributed by atoms with E-state index in [1.807, 2.05) is 0 Å². The lowest BCUT2D eigenvalue weighted by molar-refractivity contribution is 0.0510. The van der Waals surface area contributed by atoms with Crippen molar-refractivity contribution in [2.24, 2.45) is 0 Å². The molecule has 1 amide bonds. The number of benzene rings is 1. The molecule has 0 bridgehead atoms. The number of amides is 1. The Morgan fingerprint density at radius 1 is 1.35 bits per heavy atom. The number of carbonyl (C=O) groups is 1. The maximum absolute atomic E-state index is 12.0. The van der Waals surface area contributed by atoms with Crippen LogP contribution < -0.4 is 5.32 Å². The van der Waals surface area contributed by atoms with Crippen LogP contribution in [0.3, 0.4) is 0 Å². The highest BCUT2D eigenvalue weighted by molar-refractivity contribution is 6.33. The fourth-order valence-corrected chi connectivity index (χ4v) is 2.08. The third-order valence-electron chi connectivity index (χ3n) is 2.88. The number of aliphatic hydroxyl groups is 1. The topological polar surface area (TPSA) is 62.5 Å². The summed E-state index contributed by atoms with van der Waals surface area (Å²) in [6.45, 7) is 1.75. The molecule has 2 N–H and O–H groups in total. The van der Waals surface area contributed by atoms with Crippen molar-refractivity contribution in [3.05, 3.63) is 59.0 Å². The number of furan rings is 1. The normalized spacial score (nSPS) is 13.8. The minimum Gasteiger partial charge on any atom is -0.469 e. The van der Waals surface area contributed by atoms with E-state index in [0.717, 1.165) is 0 Å². The summed E-state index contributed by atoms with van der Waals surface area (Å²) < 4.78 is 5.19. The molecule has 0 radical (unpaired) electrons. The van der Waals surface area contributed by atoms with Crippen LogP contribution in [0.2, 0.25) is 5.02 Å². The standard InChI is InChI=1S/C15H16ClNO3/c1-15(19,9-11-5-4-8-20-11)10-17-14(18)12-6-2-3-7-13(12)16/h2-8,19H,9-10H2,1H3,(H,17,18)/t15-/m0/s1. The zero-order valence-electron chi connectivity index (χ0n) is 11.1. The van der Waals surface area contributed by atoms with Crippen LogP contribution >= 0.6 is 11.6 Å². The van der Waals surface area contributed by atoms with E-state index in [2.05, 4.69) is 5.32 Å². The van der Waals surface area contributed by atoms with Crippen LogP contribution in [0, 0.1) is 0 Å². The van der Waals surface area contributed by atoms with E-state index in [1.165, 1.54) is 0 Å². The Morgan fingerprint density at radius 3 is 2.75 bits per heavy atom. The molecule has 1 heterocycles. The van der Waals surface area contributed by atoms with E-state index in [9.17, 15) is 9.90 Å². The van der Waals surface area contributed by atoms with Crippen molar-refractivity contribution in [1.29, 1.82) is 0 Å². The van der Waals surface area contributed by atoms with Crippen LogP contribution in [0.4, 0.5) is 0 Å². The Hall–Kier alpha value is -1.78. The van der Waals surface area contributed by atoms with Gasteiger partial charge in [-0.3, -0.25) is 4.79 Å². The molecule has 2 aromatic rings. The number of hydrogen-bond acceptors (Lipinski definition) is 3. The Morgan fingerprint density at radius 2 is 2.10 bits per heavy atom. The molecule has 1 atom stereocenters. The molecule has 2 rings (SSSR count). The molecule has 4 nitrogen and oxygen atoms in total. The molecule has 1 aromatic carbocycles. The van der Waals surface area contributed by atoms with Crippen molar-refractivity contribution in [2.45, 2.75) is 18.9 Å². The first-order valence-electron chi connectivity index (χ1n) is 6.25. The lowest BCUT2D eigenvalue weighted by Crippen LogP contribution is -2.42. The van der Waals surface area contributed by atoms with Crippen molar-refractivity contribution in [3.8, 4) is 0 Å². The van der Waals surface area contributed by atoms with Crippen molar-refractivity contribution < 1.29 is 14.3 Å². The first-order valence-corrected chi connectivity index (χ1v) is 6.63. The van der Waals surface area contributed by atoms with E-state index < -0.39 is 5.60 Å². The highest BCUT2D eigenvalue weighted by Crippen LogP contribution is 2.16. The van der Waals surface area contributed by atoms with Crippen molar-refractivity contribution in [1.82, 2.24) is 5.32 Å². The summed E-state index contributed by atoms with van der Waals surface area (Å²) >= 11 is 5.95. The third kappa shape index (κ3) is 3.85. The van der Waals surface area contributed by atoms with E-state index in [-0.39, 0.29) is 12.5 Å². The lowest BCUT2D eigenvalue weighted by atomic mass is 10.0. The maximum Gasteiger partial charge on any atom is 0.252 e. The van der Waals surface area contributed by atoms with Gasteiger partial charge in [0.15, 0.2) is 0 Å². The first kappa shape index (κ1) is 14.6. The predicted molar refractivity (Wildman–Crippen MR) is 76.8 cm³/mol. The number of nitrogens with one attached hydrogen (secondary N) is 1. The minimum atomic E-state index is -1.09. The summed E-state index contributed by atoms with van der Waals surface area (Å²) in [7, 11) is 0. The zero-order valence-corrected chi connectivity index (χ0v) is 11.9. The Balaban J connectivity index is 1.94. The van der Waals surface area contributed by atoms with Gasteiger partial charge >= 0.3 is 0 Å². The number of rotatable bonds is 5. The molecular formula is C15H16ClNO3. The van der Waals surface area contributed by atoms with Gasteiger partial charge in [0.25, 0.3) is 5.91 Å². The average Bonchev–Trinajstić information content (AvgIpc) is 2.89. The average molecular weight is 294 g/mol. The summed E-state index contributed by atoms with van der Waals surface area (Å²) in [4.78, 5) is 12.0. The molecule has 0 saturated carbocycles. The molecule has 20 heavy (non-hydrogen) atoms. The summed E-state index contributed by atoms with van der Waals surface area (Å²) in [6, 6.07) is 10.3. The molecule has 0 fully saturated rings. The summed E-state index contributed by atoms with van der Waals surface area (Å²) in [5, 5.41) is 13.3. The fourth-order valence-electron chi connectivity index (χ4n) is 1.86. The van der Waals surface area contributed by atoms with Crippen molar-refractivity contribution in [3.63, 3.8) is 0 Å². The van der Waals surface area contributed by atoms with E-state index in [0.29, 0.717) is 22.8 Å². The molecule has 0 aliphatic carbocycles. The van der Waals surface area contributed by atoms with Gasteiger partial charge < -0.3 is 14.8 Å². The second-order valence-corrected chi connectivity index (χ2v) is 5.32. The summed E-state index contributed by atoms with van der Waals surface area (Å²) in [5.41, 5.74) is -0.697. The molecular weight excluding hydrogens is 278 g/mol. The van der Waals surface area contributed by atoms with Gasteiger partial charge in [-0.15, -0.1) is 0 Å². The fraction of sp³-hybridized carbons (Fsp3) is 0.267. The van der Waals surface area contributed by atoms with Crippen LogP contribution in [0.25, 0.3) is 0 Å². The lowest BCUT2D eigenvalue weighted by Gasteiger charge is -2.22. The minimum absolute atomic E-state index is 0.109. The molecule has 0 aliphatic rings. The number of halogens is 1. The molecule has 5 heteroatoms. The highest BCUT2D eigenvalue weighted by Gasteiger charge is 2.23. The molecule has 0 spiro atoms. The van der Waals surface area contributed by atoms with Gasteiger partial charge in [-0.1, -0.05) is 23.7 Å². The first-order chi connectivity index (χ1) is 9.48. The molecule has 0 unspecified atom stereocenters. The quantitative estimate of drug-likeness (QED) is 0.891. The van der Waals surface area contributed by atoms with Crippen LogP contribution in [0.15, 0.2) is 47.1 Å². The van der Waals surface area contributed by atoms with E-state index in [1.54, 1.807) is 49.6 Å². The Bertz CT molecular complexity index is 579. The van der Waals surface area contributed by atoms with Gasteiger partial charge in [0.2, 0.25) is 0 Å². The van der Waals surface area contributed by atoms with Crippen LogP contribution in [0.5, 0.6) is 0 Å². The van der Waals surface area contributed by atoms with Gasteiger partial charge in [0.05, 0.1) is 22.5 Å². The molecule has 106 valence electrons. The summed E-state index contributed by atoms with van der Waals surface area (Å²) in [6.07, 6.45) is 1.87. The van der Waals surface area contributed by atoms with E-state index >= 15 is 0 Å². The zero-order chi connectivity index (χ0) is 14.6. The van der Waals surface area contributed by atoms with Gasteiger partial charge in [-0.05, 0) is 31.2 Å². The van der Waals surface area contributed by atoms with Gasteiger partial charge in [-0.2, -0.15) is 0 Å². The predicted octanol–water partition coefficient (Wildman–Crippen LogP) is 2.66. The second-order valence-electron chi connectivity index (χ2n) is 4.92. The number of carbonyl (C=O) groups excluding carboxylic acids is 1. The van der Waals surface area contributed by atoms with Crippen LogP contribution in [0.1, 0.15) is 23.0 Å². The molecule has 1 aromatic heterocycles. The molecule has 0 saturated heterocycles. The van der Waals surface area contributed by atoms with Gasteiger partial charge in [-0.25, -0.2) is 0 Å². The summed E-state index contributed by atoms with van der Waals surface area (Å²) in [5.74, 6) is 0.359. The van der Waals surface area contributed by atoms with Crippen molar-refractivity contribution in [2.75, 3.05) is 6.54 Å². The Labute approximate surface area is 122 Å². The van der Waals surface area contributed by atoms with E-state index in [4.69, 9.17) is 16.0 Å². The largest absolute Gasteiger partial charge is 0.469 e. The van der Waals surface area contributed by atoms with Gasteiger partial charge in [0.1, 0.15) is 5.76 Å². The Kier molecular flexibility index (Phi) is 4.47. The highest BCUT2D eigenvalue weighted by atomic mass is 35.5. The second kappa shape index (κ2) is 6.11. The molecule has 0 aliphatic heterocycles. The smallest absolute Gasteiger partial charge is 0.252 e. The van der Waals surface area contributed by atoms with Crippen molar-refractivity contribution >= 4 is 17.5 Å². The van der Waals surface area contributed by atoms with Crippen LogP contribution in [-0.2, 0) is 6.42 Å². The van der Waals surface area contributed by atoms with Gasteiger partial charge in [0, 0.05) is 13.0 Å².